The van der Waals surface area contributed by atoms with Crippen LogP contribution in [0, 0.1) is 13.8 Å². The topological polar surface area (TPSA) is 42.7 Å². The SMILES string of the molecule is Cc1cccc(-n2c3ccccc3c3cc(-c4ccc5c(c4)c4ccccc4n5-c4cccc(C)c4)ccc32)c1.c1ccc(-n2c3ccccc3c3cc(-c4ccc5c(c4)c4cc(-c6cccc7c6oc6ccccc67)ccc4n5-c4ccccc4)ccc32)cc1.c1ccc(-n2c3ccccc3c3cc(-c4ccc5c(c4)c4ccccc4n5-c4ccccc4)ccc32)cc1. The van der Waals surface area contributed by atoms with Crippen LogP contribution >= 0.6 is 0 Å². The van der Waals surface area contributed by atoms with Crippen LogP contribution in [0.1, 0.15) is 11.1 Å². The van der Waals surface area contributed by atoms with Crippen LogP contribution in [0.3, 0.4) is 0 Å². The van der Waals surface area contributed by atoms with Gasteiger partial charge in [0.25, 0.3) is 0 Å². The molecular weight excluding hydrogens is 1570 g/mol. The number of furan rings is 1. The minimum atomic E-state index is 0.912. The molecule has 7 heteroatoms. The van der Waals surface area contributed by atoms with Gasteiger partial charge in [0.15, 0.2) is 0 Å². The number of rotatable bonds is 10. The molecule has 0 spiro atoms. The fourth-order valence-electron chi connectivity index (χ4n) is 20.6. The lowest BCUT2D eigenvalue weighted by atomic mass is 9.98. The summed E-state index contributed by atoms with van der Waals surface area (Å²) in [6.07, 6.45) is 0. The smallest absolute Gasteiger partial charge is 0.143 e. The molecule has 0 aliphatic heterocycles. The molecule has 27 aromatic rings. The molecule has 0 saturated heterocycles. The Balaban J connectivity index is 0.000000106. The van der Waals surface area contributed by atoms with Gasteiger partial charge >= 0.3 is 0 Å². The molecule has 606 valence electrons. The van der Waals surface area contributed by atoms with E-state index in [9.17, 15) is 0 Å². The summed E-state index contributed by atoms with van der Waals surface area (Å²) < 4.78 is 20.7. The first-order chi connectivity index (χ1) is 63.8. The molecule has 0 aliphatic carbocycles. The summed E-state index contributed by atoms with van der Waals surface area (Å²) in [4.78, 5) is 0. The fourth-order valence-corrected chi connectivity index (χ4v) is 20.6. The van der Waals surface area contributed by atoms with E-state index in [0.29, 0.717) is 0 Å². The maximum Gasteiger partial charge on any atom is 0.143 e. The van der Waals surface area contributed by atoms with Crippen LogP contribution in [0.15, 0.2) is 465 Å². The van der Waals surface area contributed by atoms with Crippen molar-refractivity contribution in [3.05, 3.63) is 472 Å². The maximum atomic E-state index is 6.48. The highest BCUT2D eigenvalue weighted by atomic mass is 16.3. The van der Waals surface area contributed by atoms with Crippen LogP contribution in [0.4, 0.5) is 0 Å². The van der Waals surface area contributed by atoms with Crippen molar-refractivity contribution in [2.75, 3.05) is 0 Å². The minimum absolute atomic E-state index is 0.912. The average molecular weight is 1650 g/mol. The summed E-state index contributed by atoms with van der Waals surface area (Å²) in [7, 11) is 0. The van der Waals surface area contributed by atoms with Crippen LogP contribution in [0.5, 0.6) is 0 Å². The zero-order valence-electron chi connectivity index (χ0n) is 71.0. The van der Waals surface area contributed by atoms with E-state index < -0.39 is 0 Å². The van der Waals surface area contributed by atoms with Crippen molar-refractivity contribution < 1.29 is 4.42 Å². The number of fused-ring (bicyclic) bond motifs is 21. The van der Waals surface area contributed by atoms with E-state index >= 15 is 0 Å². The van der Waals surface area contributed by atoms with Gasteiger partial charge in [0.1, 0.15) is 11.2 Å². The van der Waals surface area contributed by atoms with Gasteiger partial charge in [0, 0.05) is 115 Å². The first-order valence-electron chi connectivity index (χ1n) is 44.3. The zero-order valence-corrected chi connectivity index (χ0v) is 71.0. The number of nitrogens with zero attached hydrogens (tertiary/aromatic N) is 6. The van der Waals surface area contributed by atoms with Gasteiger partial charge in [-0.15, -0.1) is 0 Å². The van der Waals surface area contributed by atoms with Gasteiger partial charge in [-0.05, 0) is 258 Å². The van der Waals surface area contributed by atoms with Gasteiger partial charge < -0.3 is 31.8 Å². The summed E-state index contributed by atoms with van der Waals surface area (Å²) in [6, 6.07) is 167. The quantitative estimate of drug-likeness (QED) is 0.135. The Labute approximate surface area is 744 Å². The lowest BCUT2D eigenvalue weighted by molar-refractivity contribution is 0.670. The Morgan fingerprint density at radius 2 is 0.364 bits per heavy atom. The Bertz CT molecular complexity index is 8830. The summed E-state index contributed by atoms with van der Waals surface area (Å²) in [5, 5.41) is 17.4. The Morgan fingerprint density at radius 3 is 0.667 bits per heavy atom. The van der Waals surface area contributed by atoms with Crippen LogP contribution in [-0.4, -0.2) is 27.4 Å². The molecule has 0 atom stereocenters. The van der Waals surface area contributed by atoms with Crippen molar-refractivity contribution >= 4 is 153 Å². The molecule has 0 N–H and O–H groups in total. The number of aryl methyl sites for hydroxylation is 2. The molecule has 129 heavy (non-hydrogen) atoms. The van der Waals surface area contributed by atoms with Crippen LogP contribution in [-0.2, 0) is 0 Å². The molecule has 0 amide bonds. The van der Waals surface area contributed by atoms with Crippen LogP contribution in [0.25, 0.3) is 231 Å². The second kappa shape index (κ2) is 30.5. The second-order valence-electron chi connectivity index (χ2n) is 34.0. The highest BCUT2D eigenvalue weighted by molar-refractivity contribution is 6.18. The Morgan fingerprint density at radius 1 is 0.147 bits per heavy atom. The molecular formula is C122H82N6O. The largest absolute Gasteiger partial charge is 0.455 e. The van der Waals surface area contributed by atoms with Crippen molar-refractivity contribution in [3.8, 4) is 78.6 Å². The van der Waals surface area contributed by atoms with Gasteiger partial charge in [-0.3, -0.25) is 0 Å². The number of aromatic nitrogens is 6. The van der Waals surface area contributed by atoms with E-state index in [1.165, 1.54) is 204 Å². The molecule has 0 radical (unpaired) electrons. The maximum absolute atomic E-state index is 6.48. The predicted octanol–water partition coefficient (Wildman–Crippen LogP) is 32.8. The first kappa shape index (κ1) is 74.6. The molecule has 0 unspecified atom stereocenters. The highest BCUT2D eigenvalue weighted by Crippen LogP contribution is 2.46. The van der Waals surface area contributed by atoms with E-state index in [1.54, 1.807) is 0 Å². The lowest BCUT2D eigenvalue weighted by Crippen LogP contribution is -1.94. The normalized spacial score (nSPS) is 11.8. The average Bonchev–Trinajstić information content (AvgIpc) is 1.59. The van der Waals surface area contributed by atoms with Crippen molar-refractivity contribution in [2.45, 2.75) is 13.8 Å². The van der Waals surface area contributed by atoms with Gasteiger partial charge in [0.05, 0.1) is 66.2 Å². The molecule has 7 nitrogen and oxygen atoms in total. The van der Waals surface area contributed by atoms with Gasteiger partial charge in [-0.2, -0.15) is 0 Å². The first-order valence-corrected chi connectivity index (χ1v) is 44.3. The van der Waals surface area contributed by atoms with Crippen molar-refractivity contribution in [1.82, 2.24) is 27.4 Å². The molecule has 7 aromatic heterocycles. The van der Waals surface area contributed by atoms with Gasteiger partial charge in [-0.1, -0.05) is 267 Å². The van der Waals surface area contributed by atoms with E-state index in [-0.39, 0.29) is 0 Å². The van der Waals surface area contributed by atoms with Gasteiger partial charge in [-0.25, -0.2) is 0 Å². The summed E-state index contributed by atoms with van der Waals surface area (Å²) >= 11 is 0. The number of benzene rings is 20. The minimum Gasteiger partial charge on any atom is -0.455 e. The van der Waals surface area contributed by atoms with Gasteiger partial charge in [0.2, 0.25) is 0 Å². The second-order valence-corrected chi connectivity index (χ2v) is 34.0. The Hall–Kier alpha value is -17.0. The van der Waals surface area contributed by atoms with Crippen molar-refractivity contribution in [1.29, 1.82) is 0 Å². The fraction of sp³-hybridized carbons (Fsp3) is 0.0164. The zero-order chi connectivity index (χ0) is 85.3. The molecule has 7 heterocycles. The lowest BCUT2D eigenvalue weighted by Gasteiger charge is -2.10. The summed E-state index contributed by atoms with van der Waals surface area (Å²) in [6.45, 7) is 4.31. The molecule has 0 bridgehead atoms. The van der Waals surface area contributed by atoms with Crippen LogP contribution < -0.4 is 0 Å². The number of hydrogen-bond donors (Lipinski definition) is 0. The number of hydrogen-bond acceptors (Lipinski definition) is 1. The standard InChI is InChI=1S/C48H30N2O.C38H28N2.C36H24N2/c1-3-12-34(13-4-1)49-43-20-9-7-16-37(43)40-28-31(22-25-44(40)49)32-23-26-45-41(29-32)42-30-33(24-27-46(42)50(45)35-14-5-2-6-15-35)36-18-11-19-39-38-17-8-10-21-47(38)51-48(36)39;1-25-9-7-11-29(21-25)39-35-15-5-3-13-31(35)33-23-27(17-19-37(33)39)28-18-20-38-34(24-28)32-14-4-6-16-36(32)40(38)30-12-8-10-26(2)22-30;1-3-11-27(12-4-1)37-33-17-9-7-15-29(33)31-23-25(19-21-35(31)37)26-20-22-36-32(24-26)30-16-8-10-18-34(30)38(36)28-13-5-2-6-14-28/h1-30H;3-24H,1-2H3;1-24H. The van der Waals surface area contributed by atoms with E-state index in [2.05, 4.69) is 490 Å². The molecule has 20 aromatic carbocycles. The third-order valence-electron chi connectivity index (χ3n) is 26.4. The summed E-state index contributed by atoms with van der Waals surface area (Å²) in [5.41, 5.74) is 35.6. The molecule has 0 aliphatic rings. The van der Waals surface area contributed by atoms with Crippen molar-refractivity contribution in [2.24, 2.45) is 0 Å². The molecule has 27 rings (SSSR count). The highest BCUT2D eigenvalue weighted by Gasteiger charge is 2.23. The third kappa shape index (κ3) is 12.4. The van der Waals surface area contributed by atoms with Crippen LogP contribution in [0.2, 0.25) is 0 Å². The molecule has 0 saturated carbocycles. The van der Waals surface area contributed by atoms with Crippen molar-refractivity contribution in [3.63, 3.8) is 0 Å². The van der Waals surface area contributed by atoms with E-state index in [4.69, 9.17) is 4.42 Å². The van der Waals surface area contributed by atoms with E-state index in [1.807, 2.05) is 12.1 Å². The monoisotopic (exact) mass is 1650 g/mol. The number of para-hydroxylation sites is 11. The van der Waals surface area contributed by atoms with E-state index in [0.717, 1.165) is 38.8 Å². The third-order valence-corrected chi connectivity index (χ3v) is 26.4. The summed E-state index contributed by atoms with van der Waals surface area (Å²) in [5.74, 6) is 0. The predicted molar refractivity (Wildman–Crippen MR) is 544 cm³/mol. The Kier molecular flexibility index (Phi) is 17.6. The molecule has 0 fully saturated rings.